The second-order valence-electron chi connectivity index (χ2n) is 6.35. The number of ether oxygens (including phenoxy) is 2. The van der Waals surface area contributed by atoms with Crippen LogP contribution in [-0.4, -0.2) is 71.5 Å². The van der Waals surface area contributed by atoms with Crippen molar-refractivity contribution in [2.24, 2.45) is 0 Å². The van der Waals surface area contributed by atoms with E-state index in [2.05, 4.69) is 19.9 Å². The molecule has 0 bridgehead atoms. The summed E-state index contributed by atoms with van der Waals surface area (Å²) in [5, 5.41) is 3.61. The smallest absolute Gasteiger partial charge is 0.405 e. The van der Waals surface area contributed by atoms with Crippen LogP contribution >= 0.6 is 0 Å². The maximum absolute atomic E-state index is 14.0. The number of carbonyl (C=O) groups is 2. The van der Waals surface area contributed by atoms with Crippen LogP contribution in [0.25, 0.3) is 11.5 Å². The number of methoxy groups -OCH3 is 1. The molecule has 0 aromatic carbocycles. The Morgan fingerprint density at radius 3 is 2.76 bits per heavy atom. The molecule has 1 aliphatic rings. The number of hydrogen-bond acceptors (Lipinski definition) is 8. The topological polar surface area (TPSA) is 108 Å². The summed E-state index contributed by atoms with van der Waals surface area (Å²) in [5.41, 5.74) is -2.23. The molecule has 2 aromatic rings. The number of rotatable bonds is 6. The Hall–Kier alpha value is -3.02. The fourth-order valence-corrected chi connectivity index (χ4v) is 2.94. The molecule has 0 aliphatic carbocycles. The third-order valence-corrected chi connectivity index (χ3v) is 4.57. The largest absolute Gasteiger partial charge is 0.467 e. The quantitative estimate of drug-likeness (QED) is 0.652. The lowest BCUT2D eigenvalue weighted by Gasteiger charge is -2.27. The van der Waals surface area contributed by atoms with E-state index >= 15 is 0 Å². The zero-order valence-electron chi connectivity index (χ0n) is 15.3. The highest BCUT2D eigenvalue weighted by molar-refractivity contribution is 5.78. The molecule has 1 aliphatic heterocycles. The van der Waals surface area contributed by atoms with Crippen molar-refractivity contribution in [1.82, 2.24) is 20.0 Å². The van der Waals surface area contributed by atoms with Crippen LogP contribution in [0.3, 0.4) is 0 Å². The molecule has 0 spiro atoms. The van der Waals surface area contributed by atoms with Gasteiger partial charge in [-0.1, -0.05) is 11.2 Å². The standard InChI is InChI=1S/C17H17F3N4O5/c1-27-13(26)9-28-8-12(25)24-7-5-16(10-24,17(18,19)20)15-22-14(23-29-15)11-4-2-3-6-21-11/h2-4,6H,5,7-10H2,1H3. The first-order valence-electron chi connectivity index (χ1n) is 8.51. The van der Waals surface area contributed by atoms with E-state index in [4.69, 9.17) is 9.26 Å². The Kier molecular flexibility index (Phi) is 5.82. The average molecular weight is 414 g/mol. The fraction of sp³-hybridized carbons (Fsp3) is 0.471. The molecule has 1 amide bonds. The number of esters is 1. The molecule has 0 radical (unpaired) electrons. The van der Waals surface area contributed by atoms with Gasteiger partial charge in [-0.2, -0.15) is 18.2 Å². The summed E-state index contributed by atoms with van der Waals surface area (Å²) >= 11 is 0. The highest BCUT2D eigenvalue weighted by atomic mass is 19.4. The normalized spacial score (nSPS) is 19.4. The number of aromatic nitrogens is 3. The maximum Gasteiger partial charge on any atom is 0.405 e. The highest BCUT2D eigenvalue weighted by Crippen LogP contribution is 2.47. The first-order valence-corrected chi connectivity index (χ1v) is 8.51. The molecule has 12 heteroatoms. The van der Waals surface area contributed by atoms with Gasteiger partial charge in [0.25, 0.3) is 0 Å². The lowest BCUT2D eigenvalue weighted by molar-refractivity contribution is -0.194. The van der Waals surface area contributed by atoms with Crippen LogP contribution in [0, 0.1) is 0 Å². The Balaban J connectivity index is 1.77. The molecule has 1 unspecified atom stereocenters. The summed E-state index contributed by atoms with van der Waals surface area (Å²) in [6, 6.07) is 4.82. The van der Waals surface area contributed by atoms with E-state index in [-0.39, 0.29) is 18.1 Å². The summed E-state index contributed by atoms with van der Waals surface area (Å²) in [6.45, 7) is -1.90. The number of hydrogen-bond donors (Lipinski definition) is 0. The van der Waals surface area contributed by atoms with Gasteiger partial charge in [-0.05, 0) is 18.6 Å². The van der Waals surface area contributed by atoms with Gasteiger partial charge < -0.3 is 18.9 Å². The monoisotopic (exact) mass is 414 g/mol. The summed E-state index contributed by atoms with van der Waals surface area (Å²) < 4.78 is 56.1. The van der Waals surface area contributed by atoms with Crippen molar-refractivity contribution in [2.45, 2.75) is 18.0 Å². The predicted octanol–water partition coefficient (Wildman–Crippen LogP) is 1.35. The first kappa shape index (κ1) is 20.7. The number of pyridine rings is 1. The van der Waals surface area contributed by atoms with Crippen LogP contribution in [0.1, 0.15) is 12.3 Å². The van der Waals surface area contributed by atoms with Gasteiger partial charge in [-0.3, -0.25) is 9.78 Å². The number of nitrogens with zero attached hydrogens (tertiary/aromatic N) is 4. The SMILES string of the molecule is COC(=O)COCC(=O)N1CCC(c2nc(-c3ccccn3)no2)(C(F)(F)F)C1. The van der Waals surface area contributed by atoms with Crippen LogP contribution in [0.2, 0.25) is 0 Å². The van der Waals surface area contributed by atoms with Crippen molar-refractivity contribution in [3.63, 3.8) is 0 Å². The van der Waals surface area contributed by atoms with Gasteiger partial charge in [0, 0.05) is 19.3 Å². The van der Waals surface area contributed by atoms with Gasteiger partial charge in [0.05, 0.1) is 7.11 Å². The number of halogens is 3. The lowest BCUT2D eigenvalue weighted by Crippen LogP contribution is -2.46. The molecule has 0 saturated carbocycles. The van der Waals surface area contributed by atoms with E-state index < -0.39 is 55.5 Å². The second kappa shape index (κ2) is 8.15. The summed E-state index contributed by atoms with van der Waals surface area (Å²) in [4.78, 5) is 32.1. The second-order valence-corrected chi connectivity index (χ2v) is 6.35. The third kappa shape index (κ3) is 4.21. The first-order chi connectivity index (χ1) is 13.8. The van der Waals surface area contributed by atoms with Gasteiger partial charge in [-0.25, -0.2) is 4.79 Å². The third-order valence-electron chi connectivity index (χ3n) is 4.57. The molecule has 9 nitrogen and oxygen atoms in total. The van der Waals surface area contributed by atoms with Crippen molar-refractivity contribution in [3.8, 4) is 11.5 Å². The van der Waals surface area contributed by atoms with Gasteiger partial charge in [-0.15, -0.1) is 0 Å². The number of carbonyl (C=O) groups excluding carboxylic acids is 2. The minimum atomic E-state index is -4.73. The molecule has 3 heterocycles. The number of alkyl halides is 3. The zero-order valence-corrected chi connectivity index (χ0v) is 15.3. The van der Waals surface area contributed by atoms with E-state index in [0.29, 0.717) is 0 Å². The highest BCUT2D eigenvalue weighted by Gasteiger charge is 2.63. The van der Waals surface area contributed by atoms with Crippen LogP contribution in [-0.2, 0) is 24.5 Å². The van der Waals surface area contributed by atoms with Crippen LogP contribution < -0.4 is 0 Å². The summed E-state index contributed by atoms with van der Waals surface area (Å²) in [5.74, 6) is -2.09. The molecule has 1 saturated heterocycles. The van der Waals surface area contributed by atoms with Crippen molar-refractivity contribution in [3.05, 3.63) is 30.3 Å². The molecule has 29 heavy (non-hydrogen) atoms. The number of likely N-dealkylation sites (tertiary alicyclic amines) is 1. The van der Waals surface area contributed by atoms with Crippen LogP contribution in [0.15, 0.2) is 28.9 Å². The molecule has 2 aromatic heterocycles. The average Bonchev–Trinajstić information content (AvgIpc) is 3.36. The van der Waals surface area contributed by atoms with Crippen LogP contribution in [0.4, 0.5) is 13.2 Å². The number of amides is 1. The lowest BCUT2D eigenvalue weighted by atomic mass is 9.86. The molecule has 3 rings (SSSR count). The Bertz CT molecular complexity index is 873. The Labute approximate surface area is 162 Å². The van der Waals surface area contributed by atoms with Gasteiger partial charge >= 0.3 is 12.1 Å². The fourth-order valence-electron chi connectivity index (χ4n) is 2.94. The summed E-state index contributed by atoms with van der Waals surface area (Å²) in [6.07, 6.45) is -3.72. The Morgan fingerprint density at radius 1 is 1.31 bits per heavy atom. The molecule has 1 fully saturated rings. The van der Waals surface area contributed by atoms with Gasteiger partial charge in [0.2, 0.25) is 17.6 Å². The molecule has 1 atom stereocenters. The van der Waals surface area contributed by atoms with E-state index in [1.165, 1.54) is 12.3 Å². The van der Waals surface area contributed by atoms with Crippen molar-refractivity contribution >= 4 is 11.9 Å². The predicted molar refractivity (Wildman–Crippen MR) is 89.3 cm³/mol. The minimum absolute atomic E-state index is 0.0737. The van der Waals surface area contributed by atoms with E-state index in [1.807, 2.05) is 0 Å². The Morgan fingerprint density at radius 2 is 2.10 bits per heavy atom. The molecule has 0 N–H and O–H groups in total. The molecular weight excluding hydrogens is 397 g/mol. The van der Waals surface area contributed by atoms with Crippen molar-refractivity contribution in [1.29, 1.82) is 0 Å². The maximum atomic E-state index is 14.0. The van der Waals surface area contributed by atoms with E-state index in [0.717, 1.165) is 12.0 Å². The van der Waals surface area contributed by atoms with E-state index in [9.17, 15) is 22.8 Å². The van der Waals surface area contributed by atoms with Crippen LogP contribution in [0.5, 0.6) is 0 Å². The van der Waals surface area contributed by atoms with Crippen molar-refractivity contribution < 1.29 is 36.8 Å². The van der Waals surface area contributed by atoms with Gasteiger partial charge in [0.1, 0.15) is 18.9 Å². The molecular formula is C17H17F3N4O5. The molecule has 156 valence electrons. The minimum Gasteiger partial charge on any atom is -0.467 e. The van der Waals surface area contributed by atoms with E-state index in [1.54, 1.807) is 12.1 Å². The van der Waals surface area contributed by atoms with Crippen molar-refractivity contribution in [2.75, 3.05) is 33.4 Å². The van der Waals surface area contributed by atoms with Gasteiger partial charge in [0.15, 0.2) is 5.41 Å². The zero-order chi connectivity index (χ0) is 21.1. The summed E-state index contributed by atoms with van der Waals surface area (Å²) in [7, 11) is 1.15.